The molecule has 1 N–H and O–H groups in total. The Morgan fingerprint density at radius 3 is 2.29 bits per heavy atom. The minimum absolute atomic E-state index is 0.0274. The molecule has 168 valence electrons. The highest BCUT2D eigenvalue weighted by molar-refractivity contribution is 7.99. The SMILES string of the molecule is CCC(C(=O)NCC(C)C)N(CCc1ccccc1)C(=O)CSCc1ccc(C)cc1. The summed E-state index contributed by atoms with van der Waals surface area (Å²) in [6.45, 7) is 9.35. The van der Waals surface area contributed by atoms with E-state index < -0.39 is 6.04 Å². The lowest BCUT2D eigenvalue weighted by molar-refractivity contribution is -0.138. The van der Waals surface area contributed by atoms with Crippen LogP contribution in [0.1, 0.15) is 43.9 Å². The fourth-order valence-corrected chi connectivity index (χ4v) is 4.21. The van der Waals surface area contributed by atoms with Crippen LogP contribution >= 0.6 is 11.8 Å². The summed E-state index contributed by atoms with van der Waals surface area (Å²) in [5.41, 5.74) is 3.61. The van der Waals surface area contributed by atoms with Crippen LogP contribution in [0.2, 0.25) is 0 Å². The molecule has 0 aliphatic carbocycles. The minimum atomic E-state index is -0.435. The molecule has 2 amide bonds. The van der Waals surface area contributed by atoms with Gasteiger partial charge in [-0.3, -0.25) is 9.59 Å². The van der Waals surface area contributed by atoms with E-state index in [0.29, 0.717) is 31.2 Å². The predicted molar refractivity (Wildman–Crippen MR) is 131 cm³/mol. The van der Waals surface area contributed by atoms with Crippen LogP contribution in [-0.4, -0.2) is 41.6 Å². The summed E-state index contributed by atoms with van der Waals surface area (Å²) < 4.78 is 0. The van der Waals surface area contributed by atoms with Crippen LogP contribution in [0.3, 0.4) is 0 Å². The van der Waals surface area contributed by atoms with Crippen LogP contribution in [-0.2, 0) is 21.8 Å². The molecule has 0 fully saturated rings. The maximum atomic E-state index is 13.2. The summed E-state index contributed by atoms with van der Waals surface area (Å²) >= 11 is 1.61. The Bertz CT molecular complexity index is 806. The molecular weight excluding hydrogens is 404 g/mol. The molecule has 2 aromatic rings. The van der Waals surface area contributed by atoms with E-state index in [9.17, 15) is 9.59 Å². The van der Waals surface area contributed by atoms with Crippen molar-refractivity contribution in [2.24, 2.45) is 5.92 Å². The number of carbonyl (C=O) groups excluding carboxylic acids is 2. The first-order valence-electron chi connectivity index (χ1n) is 11.1. The van der Waals surface area contributed by atoms with Gasteiger partial charge in [-0.2, -0.15) is 0 Å². The van der Waals surface area contributed by atoms with Crippen molar-refractivity contribution in [1.29, 1.82) is 0 Å². The first-order chi connectivity index (χ1) is 14.9. The van der Waals surface area contributed by atoms with E-state index in [1.54, 1.807) is 16.7 Å². The van der Waals surface area contributed by atoms with Crippen molar-refractivity contribution in [2.45, 2.75) is 52.3 Å². The molecule has 0 aliphatic rings. The summed E-state index contributed by atoms with van der Waals surface area (Å²) in [5, 5.41) is 3.01. The van der Waals surface area contributed by atoms with Crippen LogP contribution in [0.25, 0.3) is 0 Å². The quantitative estimate of drug-likeness (QED) is 0.513. The molecule has 0 aliphatic heterocycles. The van der Waals surface area contributed by atoms with Crippen molar-refractivity contribution < 1.29 is 9.59 Å². The van der Waals surface area contributed by atoms with Gasteiger partial charge in [-0.15, -0.1) is 11.8 Å². The third-order valence-corrected chi connectivity index (χ3v) is 6.16. The number of nitrogens with zero attached hydrogens (tertiary/aromatic N) is 1. The molecule has 2 aromatic carbocycles. The van der Waals surface area contributed by atoms with Crippen molar-refractivity contribution in [1.82, 2.24) is 10.2 Å². The van der Waals surface area contributed by atoms with Gasteiger partial charge in [0.15, 0.2) is 0 Å². The monoisotopic (exact) mass is 440 g/mol. The smallest absolute Gasteiger partial charge is 0.242 e. The van der Waals surface area contributed by atoms with Gasteiger partial charge in [-0.25, -0.2) is 0 Å². The first-order valence-corrected chi connectivity index (χ1v) is 12.3. The van der Waals surface area contributed by atoms with Crippen molar-refractivity contribution in [3.63, 3.8) is 0 Å². The molecule has 0 spiro atoms. The van der Waals surface area contributed by atoms with Gasteiger partial charge in [0.05, 0.1) is 5.75 Å². The van der Waals surface area contributed by atoms with E-state index in [2.05, 4.69) is 62.5 Å². The average Bonchev–Trinajstić information content (AvgIpc) is 2.77. The van der Waals surface area contributed by atoms with Crippen molar-refractivity contribution in [2.75, 3.05) is 18.8 Å². The zero-order valence-electron chi connectivity index (χ0n) is 19.3. The van der Waals surface area contributed by atoms with Gasteiger partial charge in [0.2, 0.25) is 11.8 Å². The number of hydrogen-bond donors (Lipinski definition) is 1. The van der Waals surface area contributed by atoms with Crippen LogP contribution in [0.15, 0.2) is 54.6 Å². The van der Waals surface area contributed by atoms with Crippen LogP contribution in [0.5, 0.6) is 0 Å². The highest BCUT2D eigenvalue weighted by Gasteiger charge is 2.28. The summed E-state index contributed by atoms with van der Waals surface area (Å²) in [4.78, 5) is 27.8. The lowest BCUT2D eigenvalue weighted by atomic mass is 10.1. The number of carbonyl (C=O) groups is 2. The van der Waals surface area contributed by atoms with Crippen molar-refractivity contribution in [3.05, 3.63) is 71.3 Å². The molecule has 5 heteroatoms. The van der Waals surface area contributed by atoms with Gasteiger partial charge < -0.3 is 10.2 Å². The lowest BCUT2D eigenvalue weighted by Crippen LogP contribution is -2.51. The van der Waals surface area contributed by atoms with Gasteiger partial charge in [0.1, 0.15) is 6.04 Å². The largest absolute Gasteiger partial charge is 0.354 e. The Morgan fingerprint density at radius 2 is 1.68 bits per heavy atom. The summed E-state index contributed by atoms with van der Waals surface area (Å²) in [5.74, 6) is 1.51. The molecule has 4 nitrogen and oxygen atoms in total. The lowest BCUT2D eigenvalue weighted by Gasteiger charge is -2.31. The van der Waals surface area contributed by atoms with E-state index in [1.165, 1.54) is 16.7 Å². The number of thioether (sulfide) groups is 1. The van der Waals surface area contributed by atoms with E-state index in [1.807, 2.05) is 25.1 Å². The zero-order chi connectivity index (χ0) is 22.6. The molecule has 0 saturated carbocycles. The molecule has 0 bridgehead atoms. The summed E-state index contributed by atoms with van der Waals surface area (Å²) in [6, 6.07) is 18.1. The molecule has 0 saturated heterocycles. The second-order valence-electron chi connectivity index (χ2n) is 8.36. The maximum Gasteiger partial charge on any atom is 0.242 e. The van der Waals surface area contributed by atoms with Gasteiger partial charge in [0.25, 0.3) is 0 Å². The molecule has 2 rings (SSSR count). The zero-order valence-corrected chi connectivity index (χ0v) is 20.1. The molecule has 1 unspecified atom stereocenters. The number of hydrogen-bond acceptors (Lipinski definition) is 3. The molecule has 31 heavy (non-hydrogen) atoms. The normalized spacial score (nSPS) is 11.9. The summed E-state index contributed by atoms with van der Waals surface area (Å²) in [6.07, 6.45) is 1.34. The number of aryl methyl sites for hydroxylation is 1. The fraction of sp³-hybridized carbons (Fsp3) is 0.462. The molecular formula is C26H36N2O2S. The second kappa shape index (κ2) is 13.2. The summed E-state index contributed by atoms with van der Waals surface area (Å²) in [7, 11) is 0. The Kier molecular flexibility index (Phi) is 10.6. The van der Waals surface area contributed by atoms with E-state index in [4.69, 9.17) is 0 Å². The number of rotatable bonds is 12. The highest BCUT2D eigenvalue weighted by atomic mass is 32.2. The maximum absolute atomic E-state index is 13.2. The second-order valence-corrected chi connectivity index (χ2v) is 9.35. The average molecular weight is 441 g/mol. The number of nitrogens with one attached hydrogen (secondary N) is 1. The Morgan fingerprint density at radius 1 is 1.00 bits per heavy atom. The molecule has 0 radical (unpaired) electrons. The van der Waals surface area contributed by atoms with Crippen LogP contribution in [0.4, 0.5) is 0 Å². The van der Waals surface area contributed by atoms with Gasteiger partial charge >= 0.3 is 0 Å². The van der Waals surface area contributed by atoms with Gasteiger partial charge in [-0.05, 0) is 36.8 Å². The molecule has 1 atom stereocenters. The Labute approximate surface area is 191 Å². The number of amides is 2. The molecule has 0 aromatic heterocycles. The van der Waals surface area contributed by atoms with Gasteiger partial charge in [0, 0.05) is 18.8 Å². The van der Waals surface area contributed by atoms with Crippen molar-refractivity contribution in [3.8, 4) is 0 Å². The highest BCUT2D eigenvalue weighted by Crippen LogP contribution is 2.16. The van der Waals surface area contributed by atoms with E-state index >= 15 is 0 Å². The number of benzene rings is 2. The molecule has 0 heterocycles. The third-order valence-electron chi connectivity index (χ3n) is 5.17. The predicted octanol–water partition coefficient (Wildman–Crippen LogP) is 4.85. The Hall–Kier alpha value is -2.27. The van der Waals surface area contributed by atoms with Gasteiger partial charge in [-0.1, -0.05) is 80.9 Å². The minimum Gasteiger partial charge on any atom is -0.354 e. The standard InChI is InChI=1S/C26H36N2O2S/c1-5-24(26(30)27-17-20(2)3)28(16-15-22-9-7-6-8-10-22)25(29)19-31-18-23-13-11-21(4)12-14-23/h6-14,20,24H,5,15-19H2,1-4H3,(H,27,30). The van der Waals surface area contributed by atoms with E-state index in [-0.39, 0.29) is 11.8 Å². The fourth-order valence-electron chi connectivity index (χ4n) is 3.34. The van der Waals surface area contributed by atoms with Crippen LogP contribution in [0, 0.1) is 12.8 Å². The third kappa shape index (κ3) is 8.78. The first kappa shape index (κ1) is 25.0. The topological polar surface area (TPSA) is 49.4 Å². The van der Waals surface area contributed by atoms with E-state index in [0.717, 1.165) is 12.2 Å². The Balaban J connectivity index is 2.03. The van der Waals surface area contributed by atoms with Crippen LogP contribution < -0.4 is 5.32 Å². The van der Waals surface area contributed by atoms with Crippen molar-refractivity contribution >= 4 is 23.6 Å².